The molecule has 10 aromatic rings. The van der Waals surface area contributed by atoms with Crippen molar-refractivity contribution in [2.24, 2.45) is 0 Å². The van der Waals surface area contributed by atoms with Crippen LogP contribution in [-0.4, -0.2) is 6.04 Å². The Morgan fingerprint density at radius 2 is 1.00 bits per heavy atom. The minimum atomic E-state index is 0.244. The van der Waals surface area contributed by atoms with Crippen molar-refractivity contribution in [1.29, 1.82) is 0 Å². The minimum Gasteiger partial charge on any atom is -0.334 e. The molecular weight excluding hydrogens is 693 g/mol. The van der Waals surface area contributed by atoms with Gasteiger partial charge in [0.25, 0.3) is 0 Å². The van der Waals surface area contributed by atoms with Gasteiger partial charge in [-0.15, -0.1) is 22.7 Å². The third-order valence-corrected chi connectivity index (χ3v) is 13.3. The number of benzene rings is 8. The molecule has 4 heteroatoms. The highest BCUT2D eigenvalue weighted by atomic mass is 32.1. The lowest BCUT2D eigenvalue weighted by atomic mass is 9.96. The highest BCUT2D eigenvalue weighted by molar-refractivity contribution is 7.27. The third-order valence-electron chi connectivity index (χ3n) is 10.9. The predicted octanol–water partition coefficient (Wildman–Crippen LogP) is 15.2. The Morgan fingerprint density at radius 1 is 0.407 bits per heavy atom. The lowest BCUT2D eigenvalue weighted by molar-refractivity contribution is 0.785. The van der Waals surface area contributed by atoms with Crippen molar-refractivity contribution in [1.82, 2.24) is 0 Å². The van der Waals surface area contributed by atoms with E-state index in [9.17, 15) is 0 Å². The molecule has 256 valence electrons. The molecule has 0 N–H and O–H groups in total. The lowest BCUT2D eigenvalue weighted by Crippen LogP contribution is -2.29. The number of rotatable bonds is 6. The monoisotopic (exact) mass is 726 g/mol. The fraction of sp³-hybridized carbons (Fsp3) is 0.0400. The van der Waals surface area contributed by atoms with Gasteiger partial charge in [0, 0.05) is 74.2 Å². The van der Waals surface area contributed by atoms with Crippen molar-refractivity contribution in [2.75, 3.05) is 9.80 Å². The SMILES string of the molecule is C1=CCC(N(c2ccccc2)c2ccc(N(c3ccc4sc5ccccc5c4c3)c3ccc4c(c3)c3ccccc3c3c5ccccc5sc43)cc2)C=C1. The maximum Gasteiger partial charge on any atom is 0.0559 e. The molecular formula is C50H34N2S2. The van der Waals surface area contributed by atoms with Gasteiger partial charge in [0.2, 0.25) is 0 Å². The third kappa shape index (κ3) is 5.06. The first-order valence-corrected chi connectivity index (χ1v) is 20.2. The summed E-state index contributed by atoms with van der Waals surface area (Å²) < 4.78 is 5.31. The van der Waals surface area contributed by atoms with Gasteiger partial charge in [-0.1, -0.05) is 109 Å². The van der Waals surface area contributed by atoms with Crippen LogP contribution in [0.2, 0.25) is 0 Å². The van der Waals surface area contributed by atoms with E-state index in [2.05, 4.69) is 198 Å². The molecule has 0 saturated carbocycles. The largest absolute Gasteiger partial charge is 0.334 e. The Balaban J connectivity index is 1.12. The highest BCUT2D eigenvalue weighted by Gasteiger charge is 2.22. The van der Waals surface area contributed by atoms with Crippen LogP contribution in [-0.2, 0) is 0 Å². The van der Waals surface area contributed by atoms with Crippen molar-refractivity contribution >= 4 is 113 Å². The number of fused-ring (bicyclic) bond motifs is 11. The summed E-state index contributed by atoms with van der Waals surface area (Å²) in [5, 5.41) is 10.5. The Morgan fingerprint density at radius 3 is 1.78 bits per heavy atom. The summed E-state index contributed by atoms with van der Waals surface area (Å²) in [5.41, 5.74) is 5.77. The summed E-state index contributed by atoms with van der Waals surface area (Å²) in [7, 11) is 0. The molecule has 0 radical (unpaired) electrons. The van der Waals surface area contributed by atoms with Crippen LogP contribution in [0.4, 0.5) is 28.4 Å². The molecule has 0 spiro atoms. The van der Waals surface area contributed by atoms with Gasteiger partial charge in [0.15, 0.2) is 0 Å². The van der Waals surface area contributed by atoms with Crippen LogP contribution < -0.4 is 9.80 Å². The van der Waals surface area contributed by atoms with Crippen LogP contribution in [0.5, 0.6) is 0 Å². The standard InChI is InChI=1S/C50H34N2S2/c1-3-13-33(14-4-1)51(34-15-5-2-6-16-34)35-23-25-36(26-24-35)52(38-28-30-48-45(32-38)40-18-9-11-21-46(40)53-48)37-27-29-42-44(31-37)39-17-7-8-19-41(39)49-43-20-10-12-22-47(43)54-50(42)49/h1-15,17-32,34H,16H2. The van der Waals surface area contributed by atoms with E-state index in [4.69, 9.17) is 0 Å². The average Bonchev–Trinajstić information content (AvgIpc) is 3.82. The fourth-order valence-corrected chi connectivity index (χ4v) is 10.8. The topological polar surface area (TPSA) is 6.48 Å². The van der Waals surface area contributed by atoms with Gasteiger partial charge in [0.05, 0.1) is 6.04 Å². The van der Waals surface area contributed by atoms with Crippen molar-refractivity contribution < 1.29 is 0 Å². The minimum absolute atomic E-state index is 0.244. The van der Waals surface area contributed by atoms with E-state index in [0.29, 0.717) is 0 Å². The van der Waals surface area contributed by atoms with Gasteiger partial charge >= 0.3 is 0 Å². The van der Waals surface area contributed by atoms with Crippen molar-refractivity contribution in [3.05, 3.63) is 188 Å². The number of anilines is 5. The summed E-state index contributed by atoms with van der Waals surface area (Å²) in [6, 6.07) is 60.8. The van der Waals surface area contributed by atoms with Crippen molar-refractivity contribution in [3.63, 3.8) is 0 Å². The van der Waals surface area contributed by atoms with Crippen molar-refractivity contribution in [2.45, 2.75) is 12.5 Å². The molecule has 54 heavy (non-hydrogen) atoms. The van der Waals surface area contributed by atoms with E-state index in [-0.39, 0.29) is 6.04 Å². The molecule has 1 aliphatic rings. The molecule has 11 rings (SSSR count). The molecule has 1 unspecified atom stereocenters. The van der Waals surface area contributed by atoms with Crippen LogP contribution in [0, 0.1) is 0 Å². The van der Waals surface area contributed by atoms with Gasteiger partial charge in [-0.25, -0.2) is 0 Å². The van der Waals surface area contributed by atoms with Gasteiger partial charge in [-0.3, -0.25) is 0 Å². The Bertz CT molecular complexity index is 3100. The molecule has 2 heterocycles. The number of allylic oxidation sites excluding steroid dienone is 2. The molecule has 2 nitrogen and oxygen atoms in total. The second kappa shape index (κ2) is 12.7. The van der Waals surface area contributed by atoms with Crippen molar-refractivity contribution in [3.8, 4) is 0 Å². The molecule has 0 bridgehead atoms. The Labute approximate surface area is 321 Å². The zero-order chi connectivity index (χ0) is 35.6. The summed E-state index contributed by atoms with van der Waals surface area (Å²) in [6.45, 7) is 0. The first kappa shape index (κ1) is 31.3. The highest BCUT2D eigenvalue weighted by Crippen LogP contribution is 2.47. The maximum atomic E-state index is 2.45. The smallest absolute Gasteiger partial charge is 0.0559 e. The van der Waals surface area contributed by atoms with E-state index in [0.717, 1.165) is 23.5 Å². The zero-order valence-corrected chi connectivity index (χ0v) is 31.0. The summed E-state index contributed by atoms with van der Waals surface area (Å²) in [6.07, 6.45) is 9.84. The lowest BCUT2D eigenvalue weighted by Gasteiger charge is -2.33. The predicted molar refractivity (Wildman–Crippen MR) is 237 cm³/mol. The molecule has 0 fully saturated rings. The van der Waals surface area contributed by atoms with Gasteiger partial charge in [-0.05, 0) is 101 Å². The van der Waals surface area contributed by atoms with Crippen LogP contribution >= 0.6 is 22.7 Å². The van der Waals surface area contributed by atoms with Crippen LogP contribution in [0.25, 0.3) is 61.9 Å². The number of hydrogen-bond acceptors (Lipinski definition) is 4. The van der Waals surface area contributed by atoms with Crippen LogP contribution in [0.15, 0.2) is 188 Å². The summed E-state index contributed by atoms with van der Waals surface area (Å²) in [4.78, 5) is 4.89. The molecule has 0 amide bonds. The van der Waals surface area contributed by atoms with Gasteiger partial charge < -0.3 is 9.80 Å². The van der Waals surface area contributed by atoms with Gasteiger partial charge in [0.1, 0.15) is 0 Å². The second-order valence-corrected chi connectivity index (χ2v) is 16.2. The molecule has 0 aliphatic heterocycles. The average molecular weight is 727 g/mol. The molecule has 2 aromatic heterocycles. The van der Waals surface area contributed by atoms with E-state index in [1.54, 1.807) is 0 Å². The van der Waals surface area contributed by atoms with E-state index < -0.39 is 0 Å². The van der Waals surface area contributed by atoms with Gasteiger partial charge in [-0.2, -0.15) is 0 Å². The number of hydrogen-bond donors (Lipinski definition) is 0. The van der Waals surface area contributed by atoms with Crippen LogP contribution in [0.1, 0.15) is 6.42 Å². The normalized spacial score (nSPS) is 14.3. The molecule has 0 saturated heterocycles. The maximum absolute atomic E-state index is 2.45. The first-order chi connectivity index (χ1) is 26.8. The molecule has 1 atom stereocenters. The van der Waals surface area contributed by atoms with E-state index in [1.807, 2.05) is 22.7 Å². The first-order valence-electron chi connectivity index (χ1n) is 18.5. The second-order valence-electron chi connectivity index (χ2n) is 14.0. The van der Waals surface area contributed by atoms with E-state index in [1.165, 1.54) is 73.3 Å². The quantitative estimate of drug-likeness (QED) is 0.157. The Hall–Kier alpha value is -6.20. The van der Waals surface area contributed by atoms with Crippen LogP contribution in [0.3, 0.4) is 0 Å². The molecule has 8 aromatic carbocycles. The number of nitrogens with zero attached hydrogens (tertiary/aromatic N) is 2. The fourth-order valence-electron chi connectivity index (χ4n) is 8.47. The summed E-state index contributed by atoms with van der Waals surface area (Å²) >= 11 is 3.77. The van der Waals surface area contributed by atoms with E-state index >= 15 is 0 Å². The number of para-hydroxylation sites is 1. The number of thiophene rings is 2. The molecule has 1 aliphatic carbocycles. The Kier molecular flexibility index (Phi) is 7.39. The zero-order valence-electron chi connectivity index (χ0n) is 29.4. The summed E-state index contributed by atoms with van der Waals surface area (Å²) in [5.74, 6) is 0.